The topological polar surface area (TPSA) is 64.7 Å². The summed E-state index contributed by atoms with van der Waals surface area (Å²) in [6.07, 6.45) is 3.38. The number of aryl methyl sites for hydroxylation is 2. The molecule has 1 N–H and O–H groups in total. The first kappa shape index (κ1) is 10.9. The SMILES string of the molecule is Cn1ccc(Nc2cnn(C)c(=O)c2Br)n1. The summed E-state index contributed by atoms with van der Waals surface area (Å²) in [5.74, 6) is 0.665. The Bertz CT molecular complexity index is 574. The second-order valence-electron chi connectivity index (χ2n) is 3.30. The van der Waals surface area contributed by atoms with Gasteiger partial charge in [0.2, 0.25) is 0 Å². The number of anilines is 2. The summed E-state index contributed by atoms with van der Waals surface area (Å²) in [6, 6.07) is 1.81. The number of hydrogen-bond acceptors (Lipinski definition) is 4. The van der Waals surface area contributed by atoms with Crippen molar-refractivity contribution in [3.8, 4) is 0 Å². The highest BCUT2D eigenvalue weighted by Gasteiger charge is 2.07. The van der Waals surface area contributed by atoms with Gasteiger partial charge in [-0.15, -0.1) is 0 Å². The molecule has 84 valence electrons. The molecule has 0 atom stereocenters. The van der Waals surface area contributed by atoms with Gasteiger partial charge in [-0.05, 0) is 15.9 Å². The molecule has 0 amide bonds. The van der Waals surface area contributed by atoms with Gasteiger partial charge in [-0.3, -0.25) is 9.48 Å². The molecular weight excluding hydrogens is 274 g/mol. The van der Waals surface area contributed by atoms with Gasteiger partial charge < -0.3 is 5.32 Å². The first-order chi connectivity index (χ1) is 7.58. The molecular formula is C9H10BrN5O. The summed E-state index contributed by atoms with van der Waals surface area (Å²) in [4.78, 5) is 11.6. The number of rotatable bonds is 2. The van der Waals surface area contributed by atoms with Crippen LogP contribution in [-0.2, 0) is 14.1 Å². The monoisotopic (exact) mass is 283 g/mol. The van der Waals surface area contributed by atoms with Crippen LogP contribution in [0.15, 0.2) is 27.7 Å². The molecule has 6 nitrogen and oxygen atoms in total. The lowest BCUT2D eigenvalue weighted by atomic mass is 10.4. The van der Waals surface area contributed by atoms with E-state index in [0.717, 1.165) is 0 Å². The van der Waals surface area contributed by atoms with Crippen LogP contribution in [0.1, 0.15) is 0 Å². The number of nitrogens with one attached hydrogen (secondary N) is 1. The Kier molecular flexibility index (Phi) is 2.78. The van der Waals surface area contributed by atoms with Gasteiger partial charge in [0.05, 0.1) is 11.9 Å². The van der Waals surface area contributed by atoms with Crippen molar-refractivity contribution in [1.82, 2.24) is 19.6 Å². The summed E-state index contributed by atoms with van der Waals surface area (Å²) >= 11 is 3.22. The fourth-order valence-electron chi connectivity index (χ4n) is 1.22. The Morgan fingerprint density at radius 3 is 2.81 bits per heavy atom. The van der Waals surface area contributed by atoms with Crippen molar-refractivity contribution in [2.45, 2.75) is 0 Å². The lowest BCUT2D eigenvalue weighted by molar-refractivity contribution is 0.704. The zero-order valence-corrected chi connectivity index (χ0v) is 10.4. The third kappa shape index (κ3) is 1.99. The van der Waals surface area contributed by atoms with Crippen LogP contribution >= 0.6 is 15.9 Å². The van der Waals surface area contributed by atoms with E-state index in [1.807, 2.05) is 19.3 Å². The van der Waals surface area contributed by atoms with Crippen LogP contribution in [0.5, 0.6) is 0 Å². The average molecular weight is 284 g/mol. The van der Waals surface area contributed by atoms with Crippen molar-refractivity contribution in [1.29, 1.82) is 0 Å². The number of halogens is 1. The van der Waals surface area contributed by atoms with E-state index in [1.165, 1.54) is 4.68 Å². The van der Waals surface area contributed by atoms with Crippen LogP contribution in [0.3, 0.4) is 0 Å². The highest BCUT2D eigenvalue weighted by molar-refractivity contribution is 9.10. The largest absolute Gasteiger partial charge is 0.336 e. The second kappa shape index (κ2) is 4.09. The van der Waals surface area contributed by atoms with Gasteiger partial charge in [0.25, 0.3) is 5.56 Å². The molecule has 0 radical (unpaired) electrons. The van der Waals surface area contributed by atoms with Gasteiger partial charge in [-0.25, -0.2) is 4.68 Å². The second-order valence-corrected chi connectivity index (χ2v) is 4.09. The maximum atomic E-state index is 11.6. The normalized spacial score (nSPS) is 10.4. The molecule has 0 aliphatic rings. The third-order valence-corrected chi connectivity index (χ3v) is 2.82. The van der Waals surface area contributed by atoms with Crippen molar-refractivity contribution >= 4 is 27.4 Å². The average Bonchev–Trinajstić information content (AvgIpc) is 2.65. The van der Waals surface area contributed by atoms with Gasteiger partial charge in [-0.2, -0.15) is 10.2 Å². The molecule has 0 spiro atoms. The van der Waals surface area contributed by atoms with Gasteiger partial charge in [-0.1, -0.05) is 0 Å². The van der Waals surface area contributed by atoms with Crippen LogP contribution in [0.4, 0.5) is 11.5 Å². The summed E-state index contributed by atoms with van der Waals surface area (Å²) in [5.41, 5.74) is 0.405. The fourth-order valence-corrected chi connectivity index (χ4v) is 1.68. The number of nitrogens with zero attached hydrogens (tertiary/aromatic N) is 4. The zero-order valence-electron chi connectivity index (χ0n) is 8.81. The Morgan fingerprint density at radius 1 is 1.44 bits per heavy atom. The standard InChI is InChI=1S/C9H10BrN5O/c1-14-4-3-7(13-14)12-6-5-11-15(2)9(16)8(6)10/h3-5H,1-2H3,(H,12,13). The van der Waals surface area contributed by atoms with Crippen molar-refractivity contribution in [2.75, 3.05) is 5.32 Å². The van der Waals surface area contributed by atoms with Gasteiger partial charge in [0.1, 0.15) is 4.47 Å². The van der Waals surface area contributed by atoms with Gasteiger partial charge in [0.15, 0.2) is 5.82 Å². The molecule has 2 rings (SSSR count). The lowest BCUT2D eigenvalue weighted by Crippen LogP contribution is -2.20. The maximum Gasteiger partial charge on any atom is 0.282 e. The lowest BCUT2D eigenvalue weighted by Gasteiger charge is -2.05. The minimum atomic E-state index is -0.194. The highest BCUT2D eigenvalue weighted by Crippen LogP contribution is 2.19. The van der Waals surface area contributed by atoms with E-state index in [0.29, 0.717) is 16.0 Å². The van der Waals surface area contributed by atoms with Crippen molar-refractivity contribution in [3.05, 3.63) is 33.3 Å². The van der Waals surface area contributed by atoms with E-state index in [9.17, 15) is 4.79 Å². The molecule has 2 heterocycles. The molecule has 0 unspecified atom stereocenters. The third-order valence-electron chi connectivity index (χ3n) is 2.05. The van der Waals surface area contributed by atoms with E-state index in [4.69, 9.17) is 0 Å². The molecule has 7 heteroatoms. The van der Waals surface area contributed by atoms with Crippen LogP contribution in [0.25, 0.3) is 0 Å². The smallest absolute Gasteiger partial charge is 0.282 e. The molecule has 0 saturated heterocycles. The Morgan fingerprint density at radius 2 is 2.19 bits per heavy atom. The zero-order chi connectivity index (χ0) is 11.7. The number of aromatic nitrogens is 4. The molecule has 0 bridgehead atoms. The number of hydrogen-bond donors (Lipinski definition) is 1. The van der Waals surface area contributed by atoms with Gasteiger partial charge in [0, 0.05) is 26.4 Å². The molecule has 0 saturated carbocycles. The first-order valence-corrected chi connectivity index (χ1v) is 5.35. The Labute approximate surface area is 100 Å². The van der Waals surface area contributed by atoms with E-state index in [-0.39, 0.29) is 5.56 Å². The summed E-state index contributed by atoms with van der Waals surface area (Å²) in [6.45, 7) is 0. The van der Waals surface area contributed by atoms with Crippen molar-refractivity contribution in [2.24, 2.45) is 14.1 Å². The quantitative estimate of drug-likeness (QED) is 0.894. The van der Waals surface area contributed by atoms with Gasteiger partial charge >= 0.3 is 0 Å². The Balaban J connectivity index is 2.36. The minimum absolute atomic E-state index is 0.194. The van der Waals surface area contributed by atoms with Crippen LogP contribution < -0.4 is 10.9 Å². The summed E-state index contributed by atoms with van der Waals surface area (Å²) in [5, 5.41) is 11.1. The Hall–Kier alpha value is -1.63. The molecule has 0 aliphatic carbocycles. The molecule has 16 heavy (non-hydrogen) atoms. The minimum Gasteiger partial charge on any atom is -0.336 e. The van der Waals surface area contributed by atoms with E-state index < -0.39 is 0 Å². The van der Waals surface area contributed by atoms with Crippen LogP contribution in [0, 0.1) is 0 Å². The van der Waals surface area contributed by atoms with E-state index >= 15 is 0 Å². The van der Waals surface area contributed by atoms with E-state index in [1.54, 1.807) is 17.9 Å². The highest BCUT2D eigenvalue weighted by atomic mass is 79.9. The predicted molar refractivity (Wildman–Crippen MR) is 63.7 cm³/mol. The summed E-state index contributed by atoms with van der Waals surface area (Å²) in [7, 11) is 3.42. The maximum absolute atomic E-state index is 11.6. The molecule has 2 aromatic heterocycles. The van der Waals surface area contributed by atoms with Crippen LogP contribution in [-0.4, -0.2) is 19.6 Å². The van der Waals surface area contributed by atoms with Crippen LogP contribution in [0.2, 0.25) is 0 Å². The van der Waals surface area contributed by atoms with E-state index in [2.05, 4.69) is 31.4 Å². The first-order valence-electron chi connectivity index (χ1n) is 4.56. The molecule has 0 fully saturated rings. The molecule has 0 aliphatic heterocycles. The van der Waals surface area contributed by atoms with Crippen molar-refractivity contribution < 1.29 is 0 Å². The van der Waals surface area contributed by atoms with Crippen molar-refractivity contribution in [3.63, 3.8) is 0 Å². The molecule has 0 aromatic carbocycles. The summed E-state index contributed by atoms with van der Waals surface area (Å²) < 4.78 is 3.37. The fraction of sp³-hybridized carbons (Fsp3) is 0.222. The predicted octanol–water partition coefficient (Wildman–Crippen LogP) is 1.02. The molecule has 2 aromatic rings.